The fraction of sp³-hybridized carbons (Fsp3) is 0.400. The molecule has 0 aliphatic heterocycles. The summed E-state index contributed by atoms with van der Waals surface area (Å²) in [5.74, 6) is 2.04. The number of hydrogen-bond acceptors (Lipinski definition) is 3. The molecule has 1 unspecified atom stereocenters. The molecule has 0 aromatic carbocycles. The van der Waals surface area contributed by atoms with Crippen LogP contribution in [0.25, 0.3) is 0 Å². The minimum Gasteiger partial charge on any atom is -0.395 e. The Labute approximate surface area is 88.4 Å². The van der Waals surface area contributed by atoms with Crippen molar-refractivity contribution in [1.82, 2.24) is 15.5 Å². The first-order chi connectivity index (χ1) is 7.10. The van der Waals surface area contributed by atoms with Gasteiger partial charge in [-0.05, 0) is 13.3 Å². The number of nitrogens with one attached hydrogen (secondary N) is 2. The van der Waals surface area contributed by atoms with Gasteiger partial charge in [0.15, 0.2) is 5.69 Å². The van der Waals surface area contributed by atoms with Crippen molar-refractivity contribution < 1.29 is 4.79 Å². The van der Waals surface area contributed by atoms with Crippen LogP contribution in [0.4, 0.5) is 5.69 Å². The van der Waals surface area contributed by atoms with E-state index in [0.29, 0.717) is 12.1 Å². The molecule has 1 rings (SSSR count). The van der Waals surface area contributed by atoms with Gasteiger partial charge in [0.1, 0.15) is 0 Å². The second-order valence-corrected chi connectivity index (χ2v) is 3.18. The fourth-order valence-electron chi connectivity index (χ4n) is 1.14. The van der Waals surface area contributed by atoms with Crippen molar-refractivity contribution in [2.45, 2.75) is 26.3 Å². The zero-order valence-corrected chi connectivity index (χ0v) is 8.79. The zero-order chi connectivity index (χ0) is 11.4. The maximum absolute atomic E-state index is 11.6. The highest BCUT2D eigenvalue weighted by atomic mass is 16.2. The number of carbonyl (C=O) groups is 1. The monoisotopic (exact) mass is 206 g/mol. The van der Waals surface area contributed by atoms with Gasteiger partial charge in [-0.3, -0.25) is 9.89 Å². The predicted octanol–water partition coefficient (Wildman–Crippen LogP) is 0.306. The van der Waals surface area contributed by atoms with E-state index >= 15 is 0 Å². The molecule has 1 heterocycles. The number of aromatic nitrogens is 2. The molecule has 0 saturated carbocycles. The van der Waals surface area contributed by atoms with Crippen LogP contribution in [0.3, 0.4) is 0 Å². The van der Waals surface area contributed by atoms with Gasteiger partial charge >= 0.3 is 0 Å². The Bertz CT molecular complexity index is 402. The molecule has 4 N–H and O–H groups in total. The number of nitrogens with two attached hydrogens (primary N) is 1. The van der Waals surface area contributed by atoms with Gasteiger partial charge in [0.2, 0.25) is 0 Å². The summed E-state index contributed by atoms with van der Waals surface area (Å²) in [6, 6.07) is -0.335. The Morgan fingerprint density at radius 1 is 1.80 bits per heavy atom. The van der Waals surface area contributed by atoms with E-state index in [1.54, 1.807) is 6.92 Å². The smallest absolute Gasteiger partial charge is 0.274 e. The normalized spacial score (nSPS) is 11.8. The molecule has 5 heteroatoms. The number of nitrogen functional groups attached to an aromatic ring is 1. The Hall–Kier alpha value is -1.96. The maximum atomic E-state index is 11.6. The van der Waals surface area contributed by atoms with Crippen molar-refractivity contribution in [2.24, 2.45) is 0 Å². The number of aromatic amines is 1. The summed E-state index contributed by atoms with van der Waals surface area (Å²) in [6.07, 6.45) is 5.85. The lowest BCUT2D eigenvalue weighted by Gasteiger charge is -2.05. The molecule has 1 atom stereocenters. The highest BCUT2D eigenvalue weighted by Gasteiger charge is 2.17. The lowest BCUT2D eigenvalue weighted by atomic mass is 10.2. The standard InChI is InChI=1S/C10H14N4O/c1-4-6(3)12-10(15)9-8(11)7(5-2)13-14-9/h1,6H,5,11H2,2-3H3,(H,12,15)(H,13,14). The van der Waals surface area contributed by atoms with Crippen molar-refractivity contribution in [3.63, 3.8) is 0 Å². The third-order valence-corrected chi connectivity index (χ3v) is 2.05. The molecule has 0 saturated heterocycles. The average molecular weight is 206 g/mol. The van der Waals surface area contributed by atoms with E-state index in [2.05, 4.69) is 21.4 Å². The molecule has 0 bridgehead atoms. The molecule has 5 nitrogen and oxygen atoms in total. The molecule has 0 radical (unpaired) electrons. The topological polar surface area (TPSA) is 83.8 Å². The Balaban J connectivity index is 2.84. The Morgan fingerprint density at radius 2 is 2.47 bits per heavy atom. The SMILES string of the molecule is C#CC(C)NC(=O)c1n[nH]c(CC)c1N. The van der Waals surface area contributed by atoms with E-state index < -0.39 is 0 Å². The summed E-state index contributed by atoms with van der Waals surface area (Å²) in [7, 11) is 0. The second-order valence-electron chi connectivity index (χ2n) is 3.18. The minimum absolute atomic E-state index is 0.203. The van der Waals surface area contributed by atoms with E-state index in [-0.39, 0.29) is 17.6 Å². The highest BCUT2D eigenvalue weighted by molar-refractivity contribution is 5.97. The number of nitrogens with zero attached hydrogens (tertiary/aromatic N) is 1. The largest absolute Gasteiger partial charge is 0.395 e. The third-order valence-electron chi connectivity index (χ3n) is 2.05. The van der Waals surface area contributed by atoms with Crippen LogP contribution in [0.2, 0.25) is 0 Å². The number of amides is 1. The predicted molar refractivity (Wildman–Crippen MR) is 58.1 cm³/mol. The summed E-state index contributed by atoms with van der Waals surface area (Å²) in [6.45, 7) is 3.64. The maximum Gasteiger partial charge on any atom is 0.274 e. The first kappa shape index (κ1) is 11.1. The van der Waals surface area contributed by atoms with Crippen LogP contribution < -0.4 is 11.1 Å². The van der Waals surface area contributed by atoms with Gasteiger partial charge in [0, 0.05) is 0 Å². The number of aryl methyl sites for hydroxylation is 1. The van der Waals surface area contributed by atoms with Gasteiger partial charge in [-0.15, -0.1) is 6.42 Å². The molecule has 15 heavy (non-hydrogen) atoms. The van der Waals surface area contributed by atoms with Gasteiger partial charge in [-0.1, -0.05) is 12.8 Å². The first-order valence-corrected chi connectivity index (χ1v) is 4.69. The molecule has 1 amide bonds. The van der Waals surface area contributed by atoms with Crippen LogP contribution >= 0.6 is 0 Å². The fourth-order valence-corrected chi connectivity index (χ4v) is 1.14. The molecule has 80 valence electrons. The van der Waals surface area contributed by atoms with E-state index in [0.717, 1.165) is 5.69 Å². The molecular formula is C10H14N4O. The summed E-state index contributed by atoms with van der Waals surface area (Å²) in [5.41, 5.74) is 7.07. The summed E-state index contributed by atoms with van der Waals surface area (Å²) < 4.78 is 0. The van der Waals surface area contributed by atoms with Crippen molar-refractivity contribution in [3.8, 4) is 12.3 Å². The number of hydrogen-bond donors (Lipinski definition) is 3. The van der Waals surface area contributed by atoms with Gasteiger partial charge in [-0.2, -0.15) is 5.10 Å². The number of anilines is 1. The number of terminal acetylenes is 1. The minimum atomic E-state index is -0.353. The van der Waals surface area contributed by atoms with Crippen LogP contribution in [0.1, 0.15) is 30.0 Å². The first-order valence-electron chi connectivity index (χ1n) is 4.69. The Kier molecular flexibility index (Phi) is 3.34. The van der Waals surface area contributed by atoms with Crippen molar-refractivity contribution in [1.29, 1.82) is 0 Å². The number of carbonyl (C=O) groups excluding carboxylic acids is 1. The molecule has 1 aromatic rings. The molecule has 0 aliphatic rings. The Morgan fingerprint density at radius 3 is 2.93 bits per heavy atom. The molecule has 0 fully saturated rings. The van der Waals surface area contributed by atoms with Crippen LogP contribution in [0, 0.1) is 12.3 Å². The van der Waals surface area contributed by atoms with Crippen molar-refractivity contribution in [2.75, 3.05) is 5.73 Å². The zero-order valence-electron chi connectivity index (χ0n) is 8.79. The molecular weight excluding hydrogens is 192 g/mol. The van der Waals surface area contributed by atoms with Crippen LogP contribution in [0.5, 0.6) is 0 Å². The quantitative estimate of drug-likeness (QED) is 0.622. The van der Waals surface area contributed by atoms with Crippen molar-refractivity contribution in [3.05, 3.63) is 11.4 Å². The molecule has 0 aliphatic carbocycles. The highest BCUT2D eigenvalue weighted by Crippen LogP contribution is 2.13. The molecule has 1 aromatic heterocycles. The van der Waals surface area contributed by atoms with Gasteiger partial charge in [-0.25, -0.2) is 0 Å². The van der Waals surface area contributed by atoms with Gasteiger partial charge in [0.05, 0.1) is 17.4 Å². The number of rotatable bonds is 3. The van der Waals surface area contributed by atoms with Crippen LogP contribution in [0.15, 0.2) is 0 Å². The lowest BCUT2D eigenvalue weighted by Crippen LogP contribution is -2.32. The summed E-state index contributed by atoms with van der Waals surface area (Å²) >= 11 is 0. The van der Waals surface area contributed by atoms with E-state index in [4.69, 9.17) is 12.2 Å². The number of H-pyrrole nitrogens is 1. The van der Waals surface area contributed by atoms with E-state index in [9.17, 15) is 4.79 Å². The van der Waals surface area contributed by atoms with E-state index in [1.165, 1.54) is 0 Å². The lowest BCUT2D eigenvalue weighted by molar-refractivity contribution is 0.0944. The average Bonchev–Trinajstić information content (AvgIpc) is 2.59. The third kappa shape index (κ3) is 2.29. The second kappa shape index (κ2) is 4.51. The van der Waals surface area contributed by atoms with Crippen LogP contribution in [-0.2, 0) is 6.42 Å². The van der Waals surface area contributed by atoms with Gasteiger partial charge in [0.25, 0.3) is 5.91 Å². The summed E-state index contributed by atoms with van der Waals surface area (Å²) in [4.78, 5) is 11.6. The molecule has 0 spiro atoms. The van der Waals surface area contributed by atoms with E-state index in [1.807, 2.05) is 6.92 Å². The summed E-state index contributed by atoms with van der Waals surface area (Å²) in [5, 5.41) is 9.14. The van der Waals surface area contributed by atoms with Crippen molar-refractivity contribution >= 4 is 11.6 Å². The van der Waals surface area contributed by atoms with Crippen LogP contribution in [-0.4, -0.2) is 22.1 Å². The van der Waals surface area contributed by atoms with Gasteiger partial charge < -0.3 is 11.1 Å².